The molecule has 2 atom stereocenters. The summed E-state index contributed by atoms with van der Waals surface area (Å²) < 4.78 is 41.2. The second kappa shape index (κ2) is 15.1. The Hall–Kier alpha value is -3.24. The van der Waals surface area contributed by atoms with Crippen molar-refractivity contribution >= 4 is 16.0 Å². The Morgan fingerprint density at radius 1 is 1.12 bits per heavy atom. The zero-order valence-corrected chi connectivity index (χ0v) is 26.0. The number of ether oxygens (including phenoxy) is 2. The molecular formula is C31H44N4O5S. The number of esters is 1. The van der Waals surface area contributed by atoms with Gasteiger partial charge in [0.05, 0.1) is 18.7 Å². The number of nitrogens with zero attached hydrogens (tertiary/aromatic N) is 4. The summed E-state index contributed by atoms with van der Waals surface area (Å²) in [5.41, 5.74) is 3.72. The van der Waals surface area contributed by atoms with Crippen LogP contribution in [0.1, 0.15) is 88.1 Å². The number of rotatable bonds is 10. The van der Waals surface area contributed by atoms with Crippen molar-refractivity contribution in [1.29, 1.82) is 0 Å². The summed E-state index contributed by atoms with van der Waals surface area (Å²) in [5.74, 6) is 0.0657. The highest BCUT2D eigenvalue weighted by Gasteiger charge is 2.31. The van der Waals surface area contributed by atoms with E-state index < -0.39 is 10.0 Å². The number of carbonyl (C=O) groups is 1. The summed E-state index contributed by atoms with van der Waals surface area (Å²) in [6.45, 7) is 13.9. The van der Waals surface area contributed by atoms with Crippen LogP contribution in [0.25, 0.3) is 0 Å². The van der Waals surface area contributed by atoms with Crippen molar-refractivity contribution in [1.82, 2.24) is 19.3 Å². The van der Waals surface area contributed by atoms with Crippen LogP contribution in [-0.2, 0) is 32.6 Å². The van der Waals surface area contributed by atoms with Crippen LogP contribution in [0.3, 0.4) is 0 Å². The molecule has 1 aromatic heterocycles. The maximum absolute atomic E-state index is 13.5. The first kappa shape index (κ1) is 32.3. The molecule has 1 aliphatic heterocycles. The second-order valence-electron chi connectivity index (χ2n) is 10.4. The van der Waals surface area contributed by atoms with E-state index in [9.17, 15) is 13.2 Å². The minimum Gasteiger partial charge on any atom is -0.491 e. The Kier molecular flexibility index (Phi) is 11.9. The third-order valence-electron chi connectivity index (χ3n) is 7.00. The number of hydrogen-bond donors (Lipinski definition) is 0. The molecule has 3 aromatic rings. The predicted octanol–water partition coefficient (Wildman–Crippen LogP) is 5.84. The number of para-hydroxylation sites is 1. The Balaban J connectivity index is 0.00000147. The van der Waals surface area contributed by atoms with Crippen molar-refractivity contribution in [2.24, 2.45) is 0 Å². The molecule has 2 unspecified atom stereocenters. The lowest BCUT2D eigenvalue weighted by Gasteiger charge is -2.23. The Labute approximate surface area is 244 Å². The molecule has 0 radical (unpaired) electrons. The summed E-state index contributed by atoms with van der Waals surface area (Å²) in [6.07, 6.45) is 4.09. The molecule has 0 spiro atoms. The van der Waals surface area contributed by atoms with E-state index in [1.165, 1.54) is 10.7 Å². The van der Waals surface area contributed by atoms with E-state index in [4.69, 9.17) is 9.47 Å². The van der Waals surface area contributed by atoms with Crippen molar-refractivity contribution in [2.45, 2.75) is 90.6 Å². The molecule has 224 valence electrons. The van der Waals surface area contributed by atoms with E-state index >= 15 is 0 Å². The fourth-order valence-corrected chi connectivity index (χ4v) is 6.30. The maximum atomic E-state index is 13.5. The molecule has 4 rings (SSSR count). The van der Waals surface area contributed by atoms with E-state index in [1.54, 1.807) is 35.9 Å². The Bertz CT molecular complexity index is 1390. The maximum Gasteiger partial charge on any atom is 0.306 e. The van der Waals surface area contributed by atoms with Crippen LogP contribution < -0.4 is 4.74 Å². The molecular weight excluding hydrogens is 540 g/mol. The lowest BCUT2D eigenvalue weighted by molar-refractivity contribution is -0.143. The minimum atomic E-state index is -3.73. The number of aromatic nitrogens is 3. The molecule has 0 amide bonds. The normalized spacial score (nSPS) is 15.9. The van der Waals surface area contributed by atoms with Gasteiger partial charge < -0.3 is 9.47 Å². The van der Waals surface area contributed by atoms with Crippen molar-refractivity contribution in [3.63, 3.8) is 0 Å². The first-order valence-corrected chi connectivity index (χ1v) is 15.9. The van der Waals surface area contributed by atoms with Gasteiger partial charge in [-0.25, -0.2) is 8.42 Å². The Morgan fingerprint density at radius 2 is 1.85 bits per heavy atom. The van der Waals surface area contributed by atoms with Gasteiger partial charge in [0, 0.05) is 31.7 Å². The third-order valence-corrected chi connectivity index (χ3v) is 8.88. The highest BCUT2D eigenvalue weighted by Crippen LogP contribution is 2.34. The van der Waals surface area contributed by atoms with Crippen LogP contribution >= 0.6 is 0 Å². The zero-order chi connectivity index (χ0) is 30.0. The van der Waals surface area contributed by atoms with Crippen LogP contribution in [0.15, 0.2) is 53.6 Å². The lowest BCUT2D eigenvalue weighted by Crippen LogP contribution is -2.32. The van der Waals surface area contributed by atoms with Gasteiger partial charge in [-0.1, -0.05) is 62.7 Å². The van der Waals surface area contributed by atoms with Gasteiger partial charge in [-0.2, -0.15) is 4.31 Å². The van der Waals surface area contributed by atoms with Crippen LogP contribution in [-0.4, -0.2) is 53.4 Å². The first-order chi connectivity index (χ1) is 19.6. The van der Waals surface area contributed by atoms with E-state index in [0.29, 0.717) is 18.8 Å². The fraction of sp³-hybridized carbons (Fsp3) is 0.516. The monoisotopic (exact) mass is 584 g/mol. The SMILES string of the molecule is CCC.CCOC(=O)CC(CC(C)c1cn(CC)nn1)c1ccc(C)c(CN2CCOc3ccccc3S2(=O)=O)c1. The van der Waals surface area contributed by atoms with Gasteiger partial charge in [0.15, 0.2) is 0 Å². The number of hydrogen-bond acceptors (Lipinski definition) is 7. The van der Waals surface area contributed by atoms with Crippen molar-refractivity contribution in [3.05, 3.63) is 71.0 Å². The van der Waals surface area contributed by atoms with Crippen LogP contribution in [0.5, 0.6) is 5.75 Å². The quantitative estimate of drug-likeness (QED) is 0.276. The number of carbonyl (C=O) groups excluding carboxylic acids is 1. The number of sulfonamides is 1. The highest BCUT2D eigenvalue weighted by atomic mass is 32.2. The van der Waals surface area contributed by atoms with Crippen molar-refractivity contribution in [3.8, 4) is 5.75 Å². The Morgan fingerprint density at radius 3 is 2.54 bits per heavy atom. The molecule has 0 saturated carbocycles. The largest absolute Gasteiger partial charge is 0.491 e. The topological polar surface area (TPSA) is 104 Å². The van der Waals surface area contributed by atoms with Crippen LogP contribution in [0, 0.1) is 6.92 Å². The van der Waals surface area contributed by atoms with E-state index in [1.807, 2.05) is 38.2 Å². The number of aryl methyl sites for hydroxylation is 2. The molecule has 41 heavy (non-hydrogen) atoms. The molecule has 0 N–H and O–H groups in total. The molecule has 0 fully saturated rings. The summed E-state index contributed by atoms with van der Waals surface area (Å²) in [7, 11) is -3.73. The van der Waals surface area contributed by atoms with E-state index in [2.05, 4.69) is 31.1 Å². The van der Waals surface area contributed by atoms with E-state index in [0.717, 1.165) is 28.9 Å². The first-order valence-electron chi connectivity index (χ1n) is 14.5. The van der Waals surface area contributed by atoms with Gasteiger partial charge in [-0.05, 0) is 61.9 Å². The molecule has 2 heterocycles. The van der Waals surface area contributed by atoms with Gasteiger partial charge >= 0.3 is 5.97 Å². The standard InChI is InChI=1S/C28H36N4O5S.C3H8/c1-5-31-19-25(29-30-31)21(4)15-23(17-28(33)36-6-2)22-12-11-20(3)24(16-22)18-32-13-14-37-26-9-7-8-10-27(26)38(32,34)35;1-3-2/h7-12,16,19,21,23H,5-6,13-15,17-18H2,1-4H3;3H2,1-2H3. The number of benzene rings is 2. The lowest BCUT2D eigenvalue weighted by atomic mass is 9.85. The molecule has 0 aliphatic carbocycles. The molecule has 10 heteroatoms. The zero-order valence-electron chi connectivity index (χ0n) is 25.2. The van der Waals surface area contributed by atoms with Gasteiger partial charge in [0.1, 0.15) is 17.3 Å². The molecule has 1 aliphatic rings. The van der Waals surface area contributed by atoms with Crippen molar-refractivity contribution in [2.75, 3.05) is 19.8 Å². The summed E-state index contributed by atoms with van der Waals surface area (Å²) in [5, 5.41) is 8.47. The smallest absolute Gasteiger partial charge is 0.306 e. The predicted molar refractivity (Wildman–Crippen MR) is 159 cm³/mol. The summed E-state index contributed by atoms with van der Waals surface area (Å²) in [4.78, 5) is 12.7. The number of fused-ring (bicyclic) bond motifs is 1. The summed E-state index contributed by atoms with van der Waals surface area (Å²) >= 11 is 0. The average Bonchev–Trinajstić information content (AvgIpc) is 3.39. The second-order valence-corrected chi connectivity index (χ2v) is 12.3. The van der Waals surface area contributed by atoms with Gasteiger partial charge in [0.2, 0.25) is 10.0 Å². The van der Waals surface area contributed by atoms with Gasteiger partial charge in [0.25, 0.3) is 0 Å². The molecule has 9 nitrogen and oxygen atoms in total. The summed E-state index contributed by atoms with van der Waals surface area (Å²) in [6, 6.07) is 12.8. The fourth-order valence-electron chi connectivity index (χ4n) is 4.77. The van der Waals surface area contributed by atoms with Gasteiger partial charge in [-0.15, -0.1) is 5.10 Å². The molecule has 0 saturated heterocycles. The van der Waals surface area contributed by atoms with Crippen LogP contribution in [0.4, 0.5) is 0 Å². The molecule has 2 aromatic carbocycles. The van der Waals surface area contributed by atoms with Crippen molar-refractivity contribution < 1.29 is 22.7 Å². The minimum absolute atomic E-state index is 0.0686. The average molecular weight is 585 g/mol. The van der Waals surface area contributed by atoms with Gasteiger partial charge in [-0.3, -0.25) is 9.48 Å². The van der Waals surface area contributed by atoms with Crippen LogP contribution in [0.2, 0.25) is 0 Å². The highest BCUT2D eigenvalue weighted by molar-refractivity contribution is 7.89. The van der Waals surface area contributed by atoms with E-state index in [-0.39, 0.29) is 48.8 Å². The third kappa shape index (κ3) is 8.39. The molecule has 0 bridgehead atoms.